The molecule has 4 nitrogen and oxygen atoms in total. The van der Waals surface area contributed by atoms with Gasteiger partial charge in [-0.05, 0) is 19.1 Å². The van der Waals surface area contributed by atoms with E-state index in [1.165, 1.54) is 12.3 Å². The van der Waals surface area contributed by atoms with E-state index in [0.717, 1.165) is 0 Å². The molecule has 1 heterocycles. The predicted molar refractivity (Wildman–Crippen MR) is 54.4 cm³/mol. The molecule has 1 rings (SSSR count). The molecule has 1 aromatic rings. The Balaban J connectivity index is 0.00000196. The van der Waals surface area contributed by atoms with Gasteiger partial charge in [0.1, 0.15) is 11.8 Å². The van der Waals surface area contributed by atoms with Gasteiger partial charge in [0.2, 0.25) is 6.17 Å². The maximum Gasteiger partial charge on any atom is 0.342 e. The lowest BCUT2D eigenvalue weighted by Crippen LogP contribution is -2.31. The summed E-state index contributed by atoms with van der Waals surface area (Å²) in [5.74, 6) is -0.734. The van der Waals surface area contributed by atoms with E-state index in [9.17, 15) is 9.18 Å². The highest BCUT2D eigenvalue weighted by molar-refractivity contribution is 5.85. The van der Waals surface area contributed by atoms with Gasteiger partial charge in [-0.25, -0.2) is 9.18 Å². The molecule has 0 aliphatic rings. The maximum atomic E-state index is 13.3. The fraction of sp³-hybridized carbons (Fsp3) is 0.444. The van der Waals surface area contributed by atoms with Crippen LogP contribution in [0.3, 0.4) is 0 Å². The summed E-state index contributed by atoms with van der Waals surface area (Å²) in [6, 6.07) is 1.98. The highest BCUT2D eigenvalue weighted by atomic mass is 35.5. The minimum atomic E-state index is -1.89. The molecule has 0 fully saturated rings. The van der Waals surface area contributed by atoms with Crippen molar-refractivity contribution in [2.75, 3.05) is 6.61 Å². The van der Waals surface area contributed by atoms with Crippen molar-refractivity contribution in [3.8, 4) is 0 Å². The third kappa shape index (κ3) is 3.53. The summed E-state index contributed by atoms with van der Waals surface area (Å²) >= 11 is 0. The molecule has 2 N–H and O–H groups in total. The fourth-order valence-electron chi connectivity index (χ4n) is 0.994. The first-order valence-corrected chi connectivity index (χ1v) is 4.26. The Labute approximate surface area is 93.0 Å². The van der Waals surface area contributed by atoms with E-state index in [2.05, 4.69) is 4.74 Å². The average Bonchev–Trinajstić information content (AvgIpc) is 2.68. The smallest absolute Gasteiger partial charge is 0.342 e. The Kier molecular flexibility index (Phi) is 5.96. The molecule has 2 atom stereocenters. The Hall–Kier alpha value is -1.07. The van der Waals surface area contributed by atoms with E-state index < -0.39 is 18.2 Å². The molecular weight excluding hydrogens is 225 g/mol. The van der Waals surface area contributed by atoms with Crippen molar-refractivity contribution in [1.82, 2.24) is 0 Å². The van der Waals surface area contributed by atoms with Gasteiger partial charge in [-0.1, -0.05) is 0 Å². The zero-order chi connectivity index (χ0) is 10.6. The quantitative estimate of drug-likeness (QED) is 0.808. The molecule has 15 heavy (non-hydrogen) atoms. The Morgan fingerprint density at radius 1 is 1.73 bits per heavy atom. The van der Waals surface area contributed by atoms with Gasteiger partial charge in [-0.15, -0.1) is 12.4 Å². The largest absolute Gasteiger partial charge is 0.468 e. The molecular formula is C9H13ClFNO3. The molecule has 1 aromatic heterocycles. The number of hydrogen-bond donors (Lipinski definition) is 1. The van der Waals surface area contributed by atoms with Crippen molar-refractivity contribution in [2.45, 2.75) is 19.1 Å². The van der Waals surface area contributed by atoms with Crippen LogP contribution in [0.25, 0.3) is 0 Å². The molecule has 0 saturated carbocycles. The molecule has 6 heteroatoms. The number of rotatable bonds is 4. The van der Waals surface area contributed by atoms with Gasteiger partial charge in [0.15, 0.2) is 0 Å². The molecule has 0 aliphatic carbocycles. The molecule has 0 spiro atoms. The standard InChI is InChI=1S/C9H12FNO3.ClH/c1-2-13-9(12)7(10)8(11)6-4-3-5-14-6;/h3-5,7-8H,2,11H2,1H3;1H/t7?,8-;/m0./s1. The van der Waals surface area contributed by atoms with Crippen molar-refractivity contribution in [3.05, 3.63) is 24.2 Å². The van der Waals surface area contributed by atoms with E-state index in [-0.39, 0.29) is 24.8 Å². The van der Waals surface area contributed by atoms with Crippen LogP contribution in [-0.2, 0) is 9.53 Å². The number of carbonyl (C=O) groups is 1. The average molecular weight is 238 g/mol. The van der Waals surface area contributed by atoms with Crippen molar-refractivity contribution in [2.24, 2.45) is 5.73 Å². The highest BCUT2D eigenvalue weighted by Gasteiger charge is 2.29. The van der Waals surface area contributed by atoms with Crippen LogP contribution in [-0.4, -0.2) is 18.7 Å². The lowest BCUT2D eigenvalue weighted by Gasteiger charge is -2.12. The summed E-state index contributed by atoms with van der Waals surface area (Å²) in [5.41, 5.74) is 5.44. The fourth-order valence-corrected chi connectivity index (χ4v) is 0.994. The first kappa shape index (κ1) is 13.9. The predicted octanol–water partition coefficient (Wildman–Crippen LogP) is 1.60. The number of halogens is 2. The maximum absolute atomic E-state index is 13.3. The molecule has 86 valence electrons. The van der Waals surface area contributed by atoms with Crippen LogP contribution in [0.1, 0.15) is 18.7 Å². The number of alkyl halides is 1. The van der Waals surface area contributed by atoms with Crippen molar-refractivity contribution in [1.29, 1.82) is 0 Å². The van der Waals surface area contributed by atoms with Gasteiger partial charge in [0.05, 0.1) is 12.9 Å². The first-order chi connectivity index (χ1) is 6.66. The molecule has 0 bridgehead atoms. The Morgan fingerprint density at radius 2 is 2.40 bits per heavy atom. The van der Waals surface area contributed by atoms with Gasteiger partial charge in [-0.3, -0.25) is 0 Å². The summed E-state index contributed by atoms with van der Waals surface area (Å²) in [4.78, 5) is 11.0. The SMILES string of the molecule is CCOC(=O)C(F)[C@@H](N)c1ccco1.Cl. The van der Waals surface area contributed by atoms with E-state index in [1.54, 1.807) is 13.0 Å². The minimum Gasteiger partial charge on any atom is -0.468 e. The first-order valence-electron chi connectivity index (χ1n) is 4.26. The van der Waals surface area contributed by atoms with Crippen LogP contribution in [0, 0.1) is 0 Å². The number of esters is 1. The van der Waals surface area contributed by atoms with Crippen molar-refractivity contribution >= 4 is 18.4 Å². The van der Waals surface area contributed by atoms with Crippen LogP contribution in [0.15, 0.2) is 22.8 Å². The second kappa shape index (κ2) is 6.42. The molecule has 0 amide bonds. The number of ether oxygens (including phenoxy) is 1. The van der Waals surface area contributed by atoms with Crippen LogP contribution in [0.5, 0.6) is 0 Å². The van der Waals surface area contributed by atoms with Gasteiger partial charge < -0.3 is 14.9 Å². The topological polar surface area (TPSA) is 65.5 Å². The second-order valence-corrected chi connectivity index (χ2v) is 2.70. The normalized spacial score (nSPS) is 13.8. The summed E-state index contributed by atoms with van der Waals surface area (Å²) in [6.07, 6.45) is -0.520. The second-order valence-electron chi connectivity index (χ2n) is 2.70. The number of nitrogens with two attached hydrogens (primary N) is 1. The summed E-state index contributed by atoms with van der Waals surface area (Å²) in [6.45, 7) is 1.73. The van der Waals surface area contributed by atoms with E-state index in [0.29, 0.717) is 0 Å². The van der Waals surface area contributed by atoms with E-state index in [4.69, 9.17) is 10.2 Å². The van der Waals surface area contributed by atoms with Gasteiger partial charge >= 0.3 is 5.97 Å². The lowest BCUT2D eigenvalue weighted by atomic mass is 10.1. The lowest BCUT2D eigenvalue weighted by molar-refractivity contribution is -0.150. The summed E-state index contributed by atoms with van der Waals surface area (Å²) in [5, 5.41) is 0. The van der Waals surface area contributed by atoms with Gasteiger partial charge in [0, 0.05) is 0 Å². The molecule has 0 aliphatic heterocycles. The Morgan fingerprint density at radius 3 is 2.87 bits per heavy atom. The van der Waals surface area contributed by atoms with E-state index >= 15 is 0 Å². The van der Waals surface area contributed by atoms with Gasteiger partial charge in [0.25, 0.3) is 0 Å². The summed E-state index contributed by atoms with van der Waals surface area (Å²) in [7, 11) is 0. The number of carbonyl (C=O) groups excluding carboxylic acids is 1. The highest BCUT2D eigenvalue weighted by Crippen LogP contribution is 2.18. The van der Waals surface area contributed by atoms with E-state index in [1.807, 2.05) is 0 Å². The van der Waals surface area contributed by atoms with Gasteiger partial charge in [-0.2, -0.15) is 0 Å². The van der Waals surface area contributed by atoms with Crippen LogP contribution in [0.2, 0.25) is 0 Å². The van der Waals surface area contributed by atoms with Crippen LogP contribution in [0.4, 0.5) is 4.39 Å². The Bertz CT molecular complexity index is 292. The molecule has 0 saturated heterocycles. The zero-order valence-electron chi connectivity index (χ0n) is 8.18. The number of hydrogen-bond acceptors (Lipinski definition) is 4. The molecule has 0 aromatic carbocycles. The molecule has 0 radical (unpaired) electrons. The third-order valence-corrected chi connectivity index (χ3v) is 1.70. The van der Waals surface area contributed by atoms with Crippen LogP contribution >= 0.6 is 12.4 Å². The monoisotopic (exact) mass is 237 g/mol. The third-order valence-electron chi connectivity index (χ3n) is 1.70. The minimum absolute atomic E-state index is 0. The van der Waals surface area contributed by atoms with Crippen molar-refractivity contribution in [3.63, 3.8) is 0 Å². The van der Waals surface area contributed by atoms with Crippen LogP contribution < -0.4 is 5.73 Å². The van der Waals surface area contributed by atoms with Crippen molar-refractivity contribution < 1.29 is 18.3 Å². The zero-order valence-corrected chi connectivity index (χ0v) is 9.00. The number of furan rings is 1. The molecule has 1 unspecified atom stereocenters. The summed E-state index contributed by atoms with van der Waals surface area (Å²) < 4.78 is 22.6.